The number of hydrogen-bond acceptors (Lipinski definition) is 2. The second-order valence-electron chi connectivity index (χ2n) is 2.75. The third-order valence-electron chi connectivity index (χ3n) is 0.800. The highest BCUT2D eigenvalue weighted by Gasteiger charge is 1.72. The van der Waals surface area contributed by atoms with E-state index < -0.39 is 0 Å². The topological polar surface area (TPSA) is 29.3 Å². The van der Waals surface area contributed by atoms with Gasteiger partial charge < -0.3 is 10.6 Å². The van der Waals surface area contributed by atoms with Crippen molar-refractivity contribution in [1.29, 1.82) is 0 Å². The van der Waals surface area contributed by atoms with E-state index in [1.165, 1.54) is 0 Å². The van der Waals surface area contributed by atoms with E-state index in [1.54, 1.807) is 0 Å². The maximum Gasteiger partial charge on any atom is 0.0313 e. The van der Waals surface area contributed by atoms with Gasteiger partial charge in [-0.1, -0.05) is 18.2 Å². The van der Waals surface area contributed by atoms with Crippen molar-refractivity contribution in [1.82, 2.24) is 4.90 Å². The number of nitrogen functional groups attached to an aromatic ring is 1. The summed E-state index contributed by atoms with van der Waals surface area (Å²) in [4.78, 5) is 2.00. The molecule has 62 valence electrons. The first kappa shape index (κ1) is 9.98. The fourth-order valence-corrected chi connectivity index (χ4v) is 0.453. The summed E-state index contributed by atoms with van der Waals surface area (Å²) in [6.07, 6.45) is 0. The summed E-state index contributed by atoms with van der Waals surface area (Å²) in [5, 5.41) is 0. The zero-order chi connectivity index (χ0) is 8.69. The number of nitrogens with two attached hydrogens (primary N) is 1. The van der Waals surface area contributed by atoms with Crippen LogP contribution in [0.3, 0.4) is 0 Å². The molecule has 0 bridgehead atoms. The van der Waals surface area contributed by atoms with E-state index in [0.29, 0.717) is 0 Å². The smallest absolute Gasteiger partial charge is 0.0313 e. The van der Waals surface area contributed by atoms with E-state index in [0.717, 1.165) is 5.69 Å². The predicted molar refractivity (Wildman–Crippen MR) is 50.5 cm³/mol. The minimum absolute atomic E-state index is 0.822. The van der Waals surface area contributed by atoms with Crippen LogP contribution < -0.4 is 5.73 Å². The molecule has 0 fully saturated rings. The van der Waals surface area contributed by atoms with Crippen LogP contribution in [0.25, 0.3) is 0 Å². The molecule has 1 aromatic rings. The minimum Gasteiger partial charge on any atom is -0.399 e. The normalized spacial score (nSPS) is 8.73. The van der Waals surface area contributed by atoms with Gasteiger partial charge in [-0.15, -0.1) is 0 Å². The molecule has 0 spiro atoms. The van der Waals surface area contributed by atoms with Crippen molar-refractivity contribution in [2.24, 2.45) is 0 Å². The maximum absolute atomic E-state index is 5.36. The van der Waals surface area contributed by atoms with Crippen LogP contribution >= 0.6 is 0 Å². The lowest BCUT2D eigenvalue weighted by molar-refractivity contribution is 0.505. The number of rotatable bonds is 0. The van der Waals surface area contributed by atoms with Crippen molar-refractivity contribution in [3.8, 4) is 0 Å². The summed E-state index contributed by atoms with van der Waals surface area (Å²) in [6.45, 7) is 0. The molecule has 2 nitrogen and oxygen atoms in total. The fourth-order valence-electron chi connectivity index (χ4n) is 0.453. The van der Waals surface area contributed by atoms with Gasteiger partial charge in [0.1, 0.15) is 0 Å². The third kappa shape index (κ3) is 8.98. The summed E-state index contributed by atoms with van der Waals surface area (Å²) in [5.74, 6) is 0. The van der Waals surface area contributed by atoms with Crippen molar-refractivity contribution in [3.63, 3.8) is 0 Å². The molecule has 0 radical (unpaired) electrons. The minimum atomic E-state index is 0.822. The molecule has 11 heavy (non-hydrogen) atoms. The molecule has 0 aliphatic carbocycles. The van der Waals surface area contributed by atoms with Crippen molar-refractivity contribution in [2.75, 3.05) is 26.9 Å². The summed E-state index contributed by atoms with van der Waals surface area (Å²) in [7, 11) is 6.00. The largest absolute Gasteiger partial charge is 0.399 e. The van der Waals surface area contributed by atoms with Gasteiger partial charge in [0, 0.05) is 5.69 Å². The van der Waals surface area contributed by atoms with Crippen molar-refractivity contribution in [2.45, 2.75) is 0 Å². The average Bonchev–Trinajstić information content (AvgIpc) is 1.87. The molecule has 2 N–H and O–H groups in total. The van der Waals surface area contributed by atoms with Crippen LogP contribution in [0.2, 0.25) is 0 Å². The van der Waals surface area contributed by atoms with Crippen molar-refractivity contribution < 1.29 is 0 Å². The van der Waals surface area contributed by atoms with Gasteiger partial charge in [0.05, 0.1) is 0 Å². The van der Waals surface area contributed by atoms with Crippen LogP contribution in [0.4, 0.5) is 5.69 Å². The lowest BCUT2D eigenvalue weighted by Gasteiger charge is -1.90. The fraction of sp³-hybridized carbons (Fsp3) is 0.333. The second-order valence-corrected chi connectivity index (χ2v) is 2.75. The van der Waals surface area contributed by atoms with Gasteiger partial charge in [0.15, 0.2) is 0 Å². The first-order valence-electron chi connectivity index (χ1n) is 3.54. The quantitative estimate of drug-likeness (QED) is 0.570. The highest BCUT2D eigenvalue weighted by molar-refractivity contribution is 5.35. The lowest BCUT2D eigenvalue weighted by Crippen LogP contribution is -1.99. The Morgan fingerprint density at radius 3 is 1.55 bits per heavy atom. The molecule has 0 aliphatic heterocycles. The molecule has 0 saturated heterocycles. The van der Waals surface area contributed by atoms with Gasteiger partial charge in [0.2, 0.25) is 0 Å². The Hall–Kier alpha value is -1.02. The monoisotopic (exact) mass is 152 g/mol. The number of hydrogen-bond donors (Lipinski definition) is 1. The molecular formula is C9H16N2. The maximum atomic E-state index is 5.36. The molecule has 0 aliphatic rings. The van der Waals surface area contributed by atoms with E-state index in [2.05, 4.69) is 0 Å². The van der Waals surface area contributed by atoms with E-state index in [9.17, 15) is 0 Å². The number of nitrogens with zero attached hydrogens (tertiary/aromatic N) is 1. The van der Waals surface area contributed by atoms with E-state index >= 15 is 0 Å². The first-order valence-corrected chi connectivity index (χ1v) is 3.54. The molecule has 0 atom stereocenters. The van der Waals surface area contributed by atoms with Gasteiger partial charge in [-0.25, -0.2) is 0 Å². The highest BCUT2D eigenvalue weighted by Crippen LogP contribution is 1.95. The summed E-state index contributed by atoms with van der Waals surface area (Å²) >= 11 is 0. The Morgan fingerprint density at radius 2 is 1.36 bits per heavy atom. The number of para-hydroxylation sites is 1. The molecule has 1 aromatic carbocycles. The van der Waals surface area contributed by atoms with E-state index in [1.807, 2.05) is 56.4 Å². The highest BCUT2D eigenvalue weighted by atomic mass is 15.0. The molecule has 0 aromatic heterocycles. The van der Waals surface area contributed by atoms with Crippen LogP contribution in [0.15, 0.2) is 30.3 Å². The lowest BCUT2D eigenvalue weighted by atomic mass is 10.3. The number of anilines is 1. The zero-order valence-electron chi connectivity index (χ0n) is 7.41. The Kier molecular flexibility index (Phi) is 5.21. The summed E-state index contributed by atoms with van der Waals surface area (Å²) in [5.41, 5.74) is 6.18. The van der Waals surface area contributed by atoms with Crippen molar-refractivity contribution in [3.05, 3.63) is 30.3 Å². The molecule has 2 heteroatoms. The van der Waals surface area contributed by atoms with Gasteiger partial charge in [-0.2, -0.15) is 0 Å². The molecule has 0 heterocycles. The summed E-state index contributed by atoms with van der Waals surface area (Å²) in [6, 6.07) is 9.49. The molecule has 0 unspecified atom stereocenters. The Labute approximate surface area is 68.6 Å². The molecule has 1 rings (SSSR count). The first-order chi connectivity index (χ1) is 5.13. The standard InChI is InChI=1S/C6H7N.C3H9N/c7-6-4-2-1-3-5-6;1-4(2)3/h1-5H,7H2;1-3H3. The van der Waals surface area contributed by atoms with Gasteiger partial charge >= 0.3 is 0 Å². The van der Waals surface area contributed by atoms with Crippen LogP contribution in [-0.4, -0.2) is 26.0 Å². The summed E-state index contributed by atoms with van der Waals surface area (Å²) < 4.78 is 0. The zero-order valence-corrected chi connectivity index (χ0v) is 7.41. The van der Waals surface area contributed by atoms with Gasteiger partial charge in [-0.05, 0) is 33.3 Å². The average molecular weight is 152 g/mol. The van der Waals surface area contributed by atoms with E-state index in [4.69, 9.17) is 5.73 Å². The van der Waals surface area contributed by atoms with Crippen LogP contribution in [-0.2, 0) is 0 Å². The predicted octanol–water partition coefficient (Wildman–Crippen LogP) is 1.45. The van der Waals surface area contributed by atoms with Gasteiger partial charge in [-0.3, -0.25) is 0 Å². The SMILES string of the molecule is CN(C)C.Nc1ccccc1. The molecule has 0 amide bonds. The Morgan fingerprint density at radius 1 is 1.00 bits per heavy atom. The third-order valence-corrected chi connectivity index (χ3v) is 0.800. The molecular weight excluding hydrogens is 136 g/mol. The molecule has 0 saturated carbocycles. The van der Waals surface area contributed by atoms with Crippen LogP contribution in [0.1, 0.15) is 0 Å². The van der Waals surface area contributed by atoms with Crippen LogP contribution in [0.5, 0.6) is 0 Å². The van der Waals surface area contributed by atoms with Gasteiger partial charge in [0.25, 0.3) is 0 Å². The van der Waals surface area contributed by atoms with Crippen LogP contribution in [0, 0.1) is 0 Å². The second kappa shape index (κ2) is 5.74. The Bertz CT molecular complexity index is 167. The van der Waals surface area contributed by atoms with Crippen molar-refractivity contribution >= 4 is 5.69 Å². The number of benzene rings is 1. The Balaban J connectivity index is 0.000000218. The van der Waals surface area contributed by atoms with E-state index in [-0.39, 0.29) is 0 Å².